The van der Waals surface area contributed by atoms with E-state index in [9.17, 15) is 24.3 Å². The molecule has 1 amide bonds. The maximum absolute atomic E-state index is 12.9. The third-order valence-electron chi connectivity index (χ3n) is 3.06. The second kappa shape index (κ2) is 9.98. The molecular formula is C16H17Cl2NO7. The molecule has 1 aromatic rings. The van der Waals surface area contributed by atoms with E-state index < -0.39 is 36.0 Å². The van der Waals surface area contributed by atoms with Crippen LogP contribution in [0.3, 0.4) is 0 Å². The van der Waals surface area contributed by atoms with Crippen LogP contribution in [0.1, 0.15) is 13.8 Å². The molecule has 142 valence electrons. The molecule has 0 heterocycles. The van der Waals surface area contributed by atoms with Crippen molar-refractivity contribution >= 4 is 52.7 Å². The van der Waals surface area contributed by atoms with Gasteiger partial charge in [0, 0.05) is 37.0 Å². The van der Waals surface area contributed by atoms with Crippen LogP contribution in [0, 0.1) is 0 Å². The molecule has 0 spiro atoms. The third-order valence-corrected chi connectivity index (χ3v) is 3.48. The first-order valence-corrected chi connectivity index (χ1v) is 8.28. The van der Waals surface area contributed by atoms with Crippen molar-refractivity contribution in [3.05, 3.63) is 29.3 Å². The first-order valence-electron chi connectivity index (χ1n) is 7.37. The highest BCUT2D eigenvalue weighted by Gasteiger charge is 2.41. The molecule has 1 N–H and O–H groups in total. The van der Waals surface area contributed by atoms with Crippen molar-refractivity contribution in [3.8, 4) is 0 Å². The Morgan fingerprint density at radius 1 is 1.04 bits per heavy atom. The number of nitrogens with zero attached hydrogens (tertiary/aromatic N) is 1. The molecule has 1 rings (SSSR count). The van der Waals surface area contributed by atoms with E-state index in [1.807, 2.05) is 0 Å². The Hall–Kier alpha value is -2.32. The van der Waals surface area contributed by atoms with Crippen molar-refractivity contribution in [1.82, 2.24) is 0 Å². The summed E-state index contributed by atoms with van der Waals surface area (Å²) in [5, 5.41) is 9.71. The van der Waals surface area contributed by atoms with Gasteiger partial charge in [-0.2, -0.15) is 0 Å². The summed E-state index contributed by atoms with van der Waals surface area (Å²) < 4.78 is 9.51. The van der Waals surface area contributed by atoms with Crippen LogP contribution in [0.25, 0.3) is 0 Å². The van der Waals surface area contributed by atoms with E-state index in [-0.39, 0.29) is 12.4 Å². The van der Waals surface area contributed by atoms with Gasteiger partial charge in [-0.05, 0) is 24.3 Å². The van der Waals surface area contributed by atoms with Gasteiger partial charge in [0.15, 0.2) is 0 Å². The van der Waals surface area contributed by atoms with Crippen LogP contribution in [0.15, 0.2) is 24.3 Å². The van der Waals surface area contributed by atoms with Gasteiger partial charge < -0.3 is 19.5 Å². The second-order valence-electron chi connectivity index (χ2n) is 5.05. The number of carboxylic acids is 1. The SMILES string of the molecule is CC(=O)O[C@@H](C(=O)O)[C@@H](OC(C)=O)C(=O)N(CCCl)c1ccc(Cl)cc1. The minimum Gasteiger partial charge on any atom is -0.478 e. The van der Waals surface area contributed by atoms with E-state index in [1.54, 1.807) is 0 Å². The Balaban J connectivity index is 3.28. The van der Waals surface area contributed by atoms with Gasteiger partial charge in [-0.1, -0.05) is 11.6 Å². The number of hydrogen-bond acceptors (Lipinski definition) is 6. The van der Waals surface area contributed by atoms with Crippen molar-refractivity contribution in [2.24, 2.45) is 0 Å². The number of alkyl halides is 1. The summed E-state index contributed by atoms with van der Waals surface area (Å²) in [5.41, 5.74) is 0.351. The number of carboxylic acid groups (broad SMARTS) is 1. The minimum absolute atomic E-state index is 0.00774. The number of anilines is 1. The highest BCUT2D eigenvalue weighted by Crippen LogP contribution is 2.21. The predicted octanol–water partition coefficient (Wildman–Crippen LogP) is 1.86. The van der Waals surface area contributed by atoms with E-state index in [4.69, 9.17) is 27.9 Å². The normalized spacial score (nSPS) is 12.6. The van der Waals surface area contributed by atoms with Crippen molar-refractivity contribution in [1.29, 1.82) is 0 Å². The molecule has 8 nitrogen and oxygen atoms in total. The lowest BCUT2D eigenvalue weighted by Gasteiger charge is -2.29. The fourth-order valence-electron chi connectivity index (χ4n) is 2.07. The number of ether oxygens (including phenoxy) is 2. The number of carbonyl (C=O) groups excluding carboxylic acids is 3. The van der Waals surface area contributed by atoms with Crippen LogP contribution in [0.4, 0.5) is 5.69 Å². The second-order valence-corrected chi connectivity index (χ2v) is 5.87. The molecule has 0 aliphatic rings. The number of benzene rings is 1. The van der Waals surface area contributed by atoms with Gasteiger partial charge in [0.25, 0.3) is 5.91 Å². The Labute approximate surface area is 159 Å². The van der Waals surface area contributed by atoms with Crippen LogP contribution in [0.5, 0.6) is 0 Å². The number of aliphatic carboxylic acids is 1. The van der Waals surface area contributed by atoms with Gasteiger partial charge in [0.05, 0.1) is 0 Å². The standard InChI is InChI=1S/C16H17Cl2NO7/c1-9(20)25-13(14(16(23)24)26-10(2)21)15(22)19(8-7-17)12-5-3-11(18)4-6-12/h3-6,13-14H,7-8H2,1-2H3,(H,23,24)/t13-,14-/m1/s1. The van der Waals surface area contributed by atoms with E-state index in [2.05, 4.69) is 4.74 Å². The topological polar surface area (TPSA) is 110 Å². The molecule has 1 aromatic carbocycles. The van der Waals surface area contributed by atoms with Gasteiger partial charge in [0.2, 0.25) is 12.2 Å². The molecule has 0 aliphatic carbocycles. The smallest absolute Gasteiger partial charge is 0.349 e. The maximum Gasteiger partial charge on any atom is 0.349 e. The Kier molecular flexibility index (Phi) is 8.34. The molecule has 10 heteroatoms. The van der Waals surface area contributed by atoms with Crippen LogP contribution in [-0.4, -0.2) is 53.6 Å². The molecule has 0 aliphatic heterocycles. The lowest BCUT2D eigenvalue weighted by molar-refractivity contribution is -0.180. The number of rotatable bonds is 8. The molecular weight excluding hydrogens is 389 g/mol. The number of esters is 2. The average Bonchev–Trinajstić information content (AvgIpc) is 2.55. The van der Waals surface area contributed by atoms with Crippen LogP contribution >= 0.6 is 23.2 Å². The van der Waals surface area contributed by atoms with Crippen molar-refractivity contribution in [2.75, 3.05) is 17.3 Å². The lowest BCUT2D eigenvalue weighted by atomic mass is 10.1. The van der Waals surface area contributed by atoms with Gasteiger partial charge in [0.1, 0.15) is 0 Å². The third kappa shape index (κ3) is 6.20. The quantitative estimate of drug-likeness (QED) is 0.518. The van der Waals surface area contributed by atoms with Crippen LogP contribution in [-0.2, 0) is 28.7 Å². The van der Waals surface area contributed by atoms with Crippen molar-refractivity contribution < 1.29 is 33.8 Å². The summed E-state index contributed by atoms with van der Waals surface area (Å²) in [7, 11) is 0. The first kappa shape index (κ1) is 21.7. The molecule has 0 radical (unpaired) electrons. The molecule has 0 bridgehead atoms. The Bertz CT molecular complexity index is 678. The molecule has 0 saturated carbocycles. The summed E-state index contributed by atoms with van der Waals surface area (Å²) in [6.07, 6.45) is -3.89. The molecule has 0 fully saturated rings. The van der Waals surface area contributed by atoms with Gasteiger partial charge >= 0.3 is 17.9 Å². The largest absolute Gasteiger partial charge is 0.478 e. The van der Waals surface area contributed by atoms with Crippen LogP contribution < -0.4 is 4.90 Å². The molecule has 0 saturated heterocycles. The summed E-state index contributed by atoms with van der Waals surface area (Å²) in [5.74, 6) is -4.38. The molecule has 2 atom stereocenters. The Morgan fingerprint density at radius 3 is 1.96 bits per heavy atom. The zero-order valence-corrected chi connectivity index (χ0v) is 15.5. The molecule has 0 unspecified atom stereocenters. The highest BCUT2D eigenvalue weighted by atomic mass is 35.5. The van der Waals surface area contributed by atoms with E-state index >= 15 is 0 Å². The molecule has 26 heavy (non-hydrogen) atoms. The fourth-order valence-corrected chi connectivity index (χ4v) is 2.36. The van der Waals surface area contributed by atoms with Gasteiger partial charge in [-0.3, -0.25) is 14.4 Å². The average molecular weight is 406 g/mol. The zero-order chi connectivity index (χ0) is 19.9. The van der Waals surface area contributed by atoms with Gasteiger partial charge in [-0.15, -0.1) is 11.6 Å². The van der Waals surface area contributed by atoms with Crippen molar-refractivity contribution in [2.45, 2.75) is 26.1 Å². The number of halogens is 2. The predicted molar refractivity (Wildman–Crippen MR) is 93.3 cm³/mol. The maximum atomic E-state index is 12.9. The summed E-state index contributed by atoms with van der Waals surface area (Å²) in [4.78, 5) is 48.0. The Morgan fingerprint density at radius 2 is 1.54 bits per heavy atom. The number of hydrogen-bond donors (Lipinski definition) is 1. The highest BCUT2D eigenvalue weighted by molar-refractivity contribution is 6.30. The number of amides is 1. The summed E-state index contributed by atoms with van der Waals surface area (Å²) >= 11 is 11.5. The monoisotopic (exact) mass is 405 g/mol. The van der Waals surface area contributed by atoms with E-state index in [0.717, 1.165) is 18.7 Å². The van der Waals surface area contributed by atoms with Gasteiger partial charge in [-0.25, -0.2) is 4.79 Å². The fraction of sp³-hybridized carbons (Fsp3) is 0.375. The van der Waals surface area contributed by atoms with E-state index in [1.165, 1.54) is 24.3 Å². The first-order chi connectivity index (χ1) is 12.2. The summed E-state index contributed by atoms with van der Waals surface area (Å²) in [6, 6.07) is 6.07. The minimum atomic E-state index is -2.01. The van der Waals surface area contributed by atoms with Crippen molar-refractivity contribution in [3.63, 3.8) is 0 Å². The zero-order valence-electron chi connectivity index (χ0n) is 14.0. The number of carbonyl (C=O) groups is 4. The molecule has 0 aromatic heterocycles. The lowest BCUT2D eigenvalue weighted by Crippen LogP contribution is -2.52. The van der Waals surface area contributed by atoms with E-state index in [0.29, 0.717) is 10.7 Å². The van der Waals surface area contributed by atoms with Crippen LogP contribution in [0.2, 0.25) is 5.02 Å². The summed E-state index contributed by atoms with van der Waals surface area (Å²) in [6.45, 7) is 1.97.